The van der Waals surface area contributed by atoms with Gasteiger partial charge in [-0.25, -0.2) is 0 Å². The van der Waals surface area contributed by atoms with Gasteiger partial charge in [-0.05, 0) is 36.6 Å². The minimum Gasteiger partial charge on any atom is -0.496 e. The van der Waals surface area contributed by atoms with E-state index in [1.807, 2.05) is 18.2 Å². The summed E-state index contributed by atoms with van der Waals surface area (Å²) in [5.74, 6) is 2.71. The van der Waals surface area contributed by atoms with Crippen LogP contribution in [0.1, 0.15) is 16.7 Å². The summed E-state index contributed by atoms with van der Waals surface area (Å²) < 4.78 is 11.4. The van der Waals surface area contributed by atoms with Crippen molar-refractivity contribution < 1.29 is 9.47 Å². The highest BCUT2D eigenvalue weighted by Crippen LogP contribution is 2.27. The summed E-state index contributed by atoms with van der Waals surface area (Å²) in [4.78, 5) is 4.30. The Balaban J connectivity index is 1.45. The Hall–Kier alpha value is -2.69. The number of aliphatic imine (C=N–C) groups is 1. The molecule has 0 aromatic heterocycles. The van der Waals surface area contributed by atoms with E-state index in [0.29, 0.717) is 0 Å². The van der Waals surface area contributed by atoms with Crippen molar-refractivity contribution in [1.82, 2.24) is 10.6 Å². The number of nitrogens with zero attached hydrogens (tertiary/aromatic N) is 1. The molecule has 2 aromatic rings. The van der Waals surface area contributed by atoms with Crippen molar-refractivity contribution in [1.29, 1.82) is 0 Å². The predicted molar refractivity (Wildman–Crippen MR) is 105 cm³/mol. The third kappa shape index (κ3) is 4.48. The van der Waals surface area contributed by atoms with E-state index < -0.39 is 0 Å². The zero-order valence-electron chi connectivity index (χ0n) is 15.7. The highest BCUT2D eigenvalue weighted by atomic mass is 16.5. The van der Waals surface area contributed by atoms with Crippen LogP contribution in [0.15, 0.2) is 47.5 Å². The number of benzene rings is 2. The fourth-order valence-electron chi connectivity index (χ4n) is 3.22. The van der Waals surface area contributed by atoms with Crippen LogP contribution in [0.5, 0.6) is 11.5 Å². The number of hydrogen-bond acceptors (Lipinski definition) is 3. The van der Waals surface area contributed by atoms with Gasteiger partial charge >= 0.3 is 0 Å². The molecule has 0 saturated carbocycles. The standard InChI is InChI=1S/C21H27N3O2/c1-15-8-9-19(25-3)17(12-15)10-11-23-21(22-2)24-14-18-13-16-6-4-5-7-20(16)26-18/h4-9,12,18H,10-11,13-14H2,1-3H3,(H2,22,23,24). The van der Waals surface area contributed by atoms with E-state index in [1.165, 1.54) is 16.7 Å². The molecule has 26 heavy (non-hydrogen) atoms. The van der Waals surface area contributed by atoms with Crippen LogP contribution in [0.25, 0.3) is 0 Å². The first kappa shape index (κ1) is 18.1. The molecule has 1 unspecified atom stereocenters. The molecule has 3 rings (SSSR count). The molecule has 1 aliphatic rings. The highest BCUT2D eigenvalue weighted by molar-refractivity contribution is 5.79. The largest absolute Gasteiger partial charge is 0.496 e. The Labute approximate surface area is 155 Å². The van der Waals surface area contributed by atoms with E-state index in [1.54, 1.807) is 14.2 Å². The molecule has 2 N–H and O–H groups in total. The van der Waals surface area contributed by atoms with Gasteiger partial charge in [0.15, 0.2) is 5.96 Å². The number of para-hydroxylation sites is 1. The molecule has 0 amide bonds. The lowest BCUT2D eigenvalue weighted by Gasteiger charge is -2.16. The molecule has 0 radical (unpaired) electrons. The monoisotopic (exact) mass is 353 g/mol. The van der Waals surface area contributed by atoms with E-state index in [2.05, 4.69) is 46.8 Å². The number of fused-ring (bicyclic) bond motifs is 1. The fraction of sp³-hybridized carbons (Fsp3) is 0.381. The summed E-state index contributed by atoms with van der Waals surface area (Å²) in [5.41, 5.74) is 3.71. The molecule has 0 bridgehead atoms. The zero-order valence-corrected chi connectivity index (χ0v) is 15.7. The van der Waals surface area contributed by atoms with Crippen molar-refractivity contribution in [3.05, 3.63) is 59.2 Å². The second-order valence-electron chi connectivity index (χ2n) is 6.50. The average molecular weight is 353 g/mol. The summed E-state index contributed by atoms with van der Waals surface area (Å²) >= 11 is 0. The van der Waals surface area contributed by atoms with Gasteiger partial charge < -0.3 is 20.1 Å². The Morgan fingerprint density at radius 1 is 1.23 bits per heavy atom. The van der Waals surface area contributed by atoms with Gasteiger partial charge in [0.1, 0.15) is 17.6 Å². The van der Waals surface area contributed by atoms with Crippen molar-refractivity contribution >= 4 is 5.96 Å². The summed E-state index contributed by atoms with van der Waals surface area (Å²) in [6, 6.07) is 14.5. The smallest absolute Gasteiger partial charge is 0.191 e. The molecule has 1 heterocycles. The summed E-state index contributed by atoms with van der Waals surface area (Å²) in [7, 11) is 3.49. The molecule has 2 aromatic carbocycles. The van der Waals surface area contributed by atoms with Gasteiger partial charge in [-0.3, -0.25) is 4.99 Å². The molecule has 0 fully saturated rings. The number of hydrogen-bond donors (Lipinski definition) is 2. The Morgan fingerprint density at radius 2 is 2.08 bits per heavy atom. The molecule has 1 atom stereocenters. The third-order valence-electron chi connectivity index (χ3n) is 4.56. The Kier molecular flexibility index (Phi) is 6.00. The quantitative estimate of drug-likeness (QED) is 0.619. The van der Waals surface area contributed by atoms with Crippen molar-refractivity contribution in [3.8, 4) is 11.5 Å². The zero-order chi connectivity index (χ0) is 18.4. The topological polar surface area (TPSA) is 54.9 Å². The van der Waals surface area contributed by atoms with Crippen molar-refractivity contribution in [3.63, 3.8) is 0 Å². The van der Waals surface area contributed by atoms with E-state index >= 15 is 0 Å². The number of rotatable bonds is 6. The Morgan fingerprint density at radius 3 is 2.85 bits per heavy atom. The number of guanidine groups is 1. The molecule has 0 spiro atoms. The van der Waals surface area contributed by atoms with E-state index in [0.717, 1.165) is 43.4 Å². The van der Waals surface area contributed by atoms with Crippen molar-refractivity contribution in [2.75, 3.05) is 27.2 Å². The van der Waals surface area contributed by atoms with Gasteiger partial charge in [-0.2, -0.15) is 0 Å². The second-order valence-corrected chi connectivity index (χ2v) is 6.50. The predicted octanol–water partition coefficient (Wildman–Crippen LogP) is 2.71. The molecule has 0 saturated heterocycles. The van der Waals surface area contributed by atoms with Crippen LogP contribution in [0.3, 0.4) is 0 Å². The minimum absolute atomic E-state index is 0.141. The lowest BCUT2D eigenvalue weighted by Crippen LogP contribution is -2.42. The first-order valence-electron chi connectivity index (χ1n) is 9.02. The normalized spacial score (nSPS) is 16.0. The molecule has 138 valence electrons. The van der Waals surface area contributed by atoms with E-state index in [4.69, 9.17) is 9.47 Å². The van der Waals surface area contributed by atoms with Gasteiger partial charge in [0.2, 0.25) is 0 Å². The van der Waals surface area contributed by atoms with Crippen LogP contribution in [0, 0.1) is 6.92 Å². The van der Waals surface area contributed by atoms with Crippen LogP contribution in [-0.2, 0) is 12.8 Å². The molecule has 0 aliphatic carbocycles. The lowest BCUT2D eigenvalue weighted by atomic mass is 10.1. The summed E-state index contributed by atoms with van der Waals surface area (Å²) in [6.45, 7) is 3.60. The van der Waals surface area contributed by atoms with Crippen LogP contribution < -0.4 is 20.1 Å². The SMILES string of the molecule is CN=C(NCCc1cc(C)ccc1OC)NCC1Cc2ccccc2O1. The molecule has 1 aliphatic heterocycles. The van der Waals surface area contributed by atoms with Crippen molar-refractivity contribution in [2.45, 2.75) is 25.9 Å². The molecular formula is C21H27N3O2. The van der Waals surface area contributed by atoms with E-state index in [9.17, 15) is 0 Å². The highest BCUT2D eigenvalue weighted by Gasteiger charge is 2.22. The number of nitrogens with one attached hydrogen (secondary N) is 2. The van der Waals surface area contributed by atoms with Gasteiger partial charge in [-0.1, -0.05) is 35.9 Å². The molecule has 5 nitrogen and oxygen atoms in total. The first-order valence-corrected chi connectivity index (χ1v) is 9.02. The maximum atomic E-state index is 5.96. The third-order valence-corrected chi connectivity index (χ3v) is 4.56. The van der Waals surface area contributed by atoms with Crippen LogP contribution in [0.4, 0.5) is 0 Å². The molecule has 5 heteroatoms. The second kappa shape index (κ2) is 8.61. The van der Waals surface area contributed by atoms with E-state index in [-0.39, 0.29) is 6.10 Å². The first-order chi connectivity index (χ1) is 12.7. The maximum absolute atomic E-state index is 5.96. The van der Waals surface area contributed by atoms with Crippen LogP contribution in [0.2, 0.25) is 0 Å². The maximum Gasteiger partial charge on any atom is 0.191 e. The lowest BCUT2D eigenvalue weighted by molar-refractivity contribution is 0.235. The fourth-order valence-corrected chi connectivity index (χ4v) is 3.22. The molecular weight excluding hydrogens is 326 g/mol. The minimum atomic E-state index is 0.141. The van der Waals surface area contributed by atoms with Crippen LogP contribution in [-0.4, -0.2) is 39.3 Å². The van der Waals surface area contributed by atoms with Gasteiger partial charge in [0.05, 0.1) is 13.7 Å². The Bertz CT molecular complexity index is 749. The van der Waals surface area contributed by atoms with Gasteiger partial charge in [-0.15, -0.1) is 0 Å². The van der Waals surface area contributed by atoms with Gasteiger partial charge in [0, 0.05) is 20.0 Å². The summed E-state index contributed by atoms with van der Waals surface area (Å²) in [6.07, 6.45) is 1.94. The number of ether oxygens (including phenoxy) is 2. The number of methoxy groups -OCH3 is 1. The number of aryl methyl sites for hydroxylation is 1. The van der Waals surface area contributed by atoms with Gasteiger partial charge in [0.25, 0.3) is 0 Å². The summed E-state index contributed by atoms with van der Waals surface area (Å²) in [5, 5.41) is 6.72. The average Bonchev–Trinajstić information content (AvgIpc) is 3.07. The van der Waals surface area contributed by atoms with Crippen molar-refractivity contribution in [2.24, 2.45) is 4.99 Å². The van der Waals surface area contributed by atoms with Crippen LogP contribution >= 0.6 is 0 Å².